The van der Waals surface area contributed by atoms with Gasteiger partial charge in [0.15, 0.2) is 0 Å². The maximum absolute atomic E-state index is 13.3. The maximum Gasteiger partial charge on any atom is 0.416 e. The number of nitrogens with one attached hydrogen (secondary N) is 2. The Bertz CT molecular complexity index is 1150. The van der Waals surface area contributed by atoms with Gasteiger partial charge in [0.1, 0.15) is 19.1 Å². The lowest BCUT2D eigenvalue weighted by Crippen LogP contribution is -2.37. The number of hydrogen-bond donors (Lipinski definition) is 2. The summed E-state index contributed by atoms with van der Waals surface area (Å²) in [5.74, 6) is -0.994. The van der Waals surface area contributed by atoms with E-state index in [1.165, 1.54) is 55.9 Å². The highest BCUT2D eigenvalue weighted by molar-refractivity contribution is 6.19. The van der Waals surface area contributed by atoms with E-state index in [1.54, 1.807) is 4.68 Å². The maximum atomic E-state index is 13.3. The Kier molecular flexibility index (Phi) is 6.72. The number of hydrogen-bond acceptors (Lipinski definition) is 3. The third-order valence-electron chi connectivity index (χ3n) is 4.53. The average molecular weight is 447 g/mol. The van der Waals surface area contributed by atoms with Crippen LogP contribution in [0.3, 0.4) is 0 Å². The number of amides is 1. The molecular formula is C22H19F4N4O2+. The Hall–Kier alpha value is -3.95. The molecule has 0 saturated heterocycles. The van der Waals surface area contributed by atoms with Crippen LogP contribution in [0.4, 0.5) is 17.6 Å². The van der Waals surface area contributed by atoms with Gasteiger partial charge in [-0.15, -0.1) is 0 Å². The molecule has 3 rings (SSSR count). The van der Waals surface area contributed by atoms with Crippen LogP contribution in [0.1, 0.15) is 22.4 Å². The number of alkyl halides is 3. The second-order valence-electron chi connectivity index (χ2n) is 6.66. The van der Waals surface area contributed by atoms with E-state index in [-0.39, 0.29) is 17.7 Å². The number of oxime groups is 1. The topological polar surface area (TPSA) is 70.4 Å². The molecule has 0 aliphatic rings. The highest BCUT2D eigenvalue weighted by atomic mass is 19.4. The quantitative estimate of drug-likeness (QED) is 0.190. The van der Waals surface area contributed by atoms with Crippen LogP contribution in [0.5, 0.6) is 0 Å². The number of aromatic nitrogens is 2. The zero-order chi connectivity index (χ0) is 23.3. The number of benzene rings is 2. The Labute approximate surface area is 180 Å². The van der Waals surface area contributed by atoms with Crippen molar-refractivity contribution in [1.29, 1.82) is 0 Å². The molecule has 3 aromatic rings. The first kappa shape index (κ1) is 22.7. The van der Waals surface area contributed by atoms with Gasteiger partial charge < -0.3 is 10.2 Å². The molecule has 166 valence electrons. The van der Waals surface area contributed by atoms with Gasteiger partial charge in [-0.1, -0.05) is 28.5 Å². The number of halogens is 4. The summed E-state index contributed by atoms with van der Waals surface area (Å²) in [7, 11) is 1.35. The highest BCUT2D eigenvalue weighted by Crippen LogP contribution is 2.29. The standard InChI is InChI=1S/C22H18F4N4O2/c1-14(21(31)27-11-15-4-3-5-16(10-15)22(24,25)26)19-12-28-30(20(19)13-29-32-2)18-8-6-17(23)7-9-18/h3-10,12-13H,1,11H2,2H3,(H,27,31)/p+1/b29-13+. The molecule has 2 aromatic carbocycles. The van der Waals surface area contributed by atoms with E-state index in [1.807, 2.05) is 0 Å². The molecule has 32 heavy (non-hydrogen) atoms. The van der Waals surface area contributed by atoms with Gasteiger partial charge in [0.25, 0.3) is 11.6 Å². The zero-order valence-electron chi connectivity index (χ0n) is 16.9. The van der Waals surface area contributed by atoms with Crippen molar-refractivity contribution in [2.24, 2.45) is 5.16 Å². The van der Waals surface area contributed by atoms with Crippen LogP contribution in [-0.2, 0) is 22.4 Å². The van der Waals surface area contributed by atoms with Crippen LogP contribution in [0.2, 0.25) is 0 Å². The minimum absolute atomic E-state index is 0.0478. The average Bonchev–Trinajstić information content (AvgIpc) is 3.19. The SMILES string of the molecule is C=C(C(=O)NCc1cccc(C(F)(F)F)c1)c1c[nH][n+](-c2ccc(F)cc2)c1/C=N/OC. The smallest absolute Gasteiger partial charge is 0.399 e. The summed E-state index contributed by atoms with van der Waals surface area (Å²) < 4.78 is 53.4. The third-order valence-corrected chi connectivity index (χ3v) is 4.53. The molecule has 0 fully saturated rings. The Morgan fingerprint density at radius 3 is 2.62 bits per heavy atom. The summed E-state index contributed by atoms with van der Waals surface area (Å²) in [5.41, 5.74) is 0.873. The largest absolute Gasteiger partial charge is 0.416 e. The lowest BCUT2D eigenvalue weighted by molar-refractivity contribution is -0.656. The van der Waals surface area contributed by atoms with Crippen molar-refractivity contribution in [3.8, 4) is 5.69 Å². The Balaban J connectivity index is 1.81. The first-order valence-corrected chi connectivity index (χ1v) is 9.30. The fourth-order valence-electron chi connectivity index (χ4n) is 2.94. The summed E-state index contributed by atoms with van der Waals surface area (Å²) in [6.45, 7) is 3.68. The number of H-pyrrole nitrogens is 1. The lowest BCUT2D eigenvalue weighted by Gasteiger charge is -2.10. The minimum Gasteiger partial charge on any atom is -0.399 e. The molecule has 0 atom stereocenters. The third kappa shape index (κ3) is 5.20. The van der Waals surface area contributed by atoms with Gasteiger partial charge in [-0.25, -0.2) is 4.39 Å². The van der Waals surface area contributed by atoms with Gasteiger partial charge >= 0.3 is 6.18 Å². The van der Waals surface area contributed by atoms with Crippen LogP contribution >= 0.6 is 0 Å². The van der Waals surface area contributed by atoms with Crippen molar-refractivity contribution in [2.45, 2.75) is 12.7 Å². The van der Waals surface area contributed by atoms with E-state index in [4.69, 9.17) is 4.84 Å². The molecule has 0 spiro atoms. The van der Waals surface area contributed by atoms with E-state index in [0.29, 0.717) is 16.9 Å². The van der Waals surface area contributed by atoms with Crippen molar-refractivity contribution >= 4 is 17.7 Å². The zero-order valence-corrected chi connectivity index (χ0v) is 16.9. The predicted octanol–water partition coefficient (Wildman–Crippen LogP) is 3.76. The van der Waals surface area contributed by atoms with Crippen LogP contribution < -0.4 is 10.00 Å². The fourth-order valence-corrected chi connectivity index (χ4v) is 2.94. The van der Waals surface area contributed by atoms with Crippen LogP contribution in [0.15, 0.2) is 66.5 Å². The Morgan fingerprint density at radius 2 is 1.97 bits per heavy atom. The normalized spacial score (nSPS) is 11.5. The molecular weight excluding hydrogens is 428 g/mol. The molecule has 1 heterocycles. The molecule has 6 nitrogen and oxygen atoms in total. The summed E-state index contributed by atoms with van der Waals surface area (Å²) in [6.07, 6.45) is -1.62. The van der Waals surface area contributed by atoms with Gasteiger partial charge in [-0.05, 0) is 29.8 Å². The summed E-state index contributed by atoms with van der Waals surface area (Å²) in [4.78, 5) is 17.4. The van der Waals surface area contributed by atoms with E-state index in [2.05, 4.69) is 22.2 Å². The molecule has 0 aliphatic carbocycles. The molecule has 2 N–H and O–H groups in total. The molecule has 0 radical (unpaired) electrons. The number of carbonyl (C=O) groups excluding carboxylic acids is 1. The van der Waals surface area contributed by atoms with E-state index < -0.39 is 23.5 Å². The number of rotatable bonds is 7. The van der Waals surface area contributed by atoms with Gasteiger partial charge in [0, 0.05) is 24.3 Å². The second-order valence-corrected chi connectivity index (χ2v) is 6.66. The van der Waals surface area contributed by atoms with Crippen molar-refractivity contribution < 1.29 is 31.9 Å². The van der Waals surface area contributed by atoms with Gasteiger partial charge in [0.05, 0.1) is 17.3 Å². The summed E-state index contributed by atoms with van der Waals surface area (Å²) in [5, 5.41) is 9.22. The van der Waals surface area contributed by atoms with Crippen LogP contribution in [0, 0.1) is 5.82 Å². The minimum atomic E-state index is -4.47. The van der Waals surface area contributed by atoms with Crippen molar-refractivity contribution in [1.82, 2.24) is 10.4 Å². The van der Waals surface area contributed by atoms with Crippen LogP contribution in [-0.4, -0.2) is 24.3 Å². The monoisotopic (exact) mass is 447 g/mol. The molecule has 10 heteroatoms. The summed E-state index contributed by atoms with van der Waals surface area (Å²) in [6, 6.07) is 10.3. The van der Waals surface area contributed by atoms with E-state index in [0.717, 1.165) is 12.1 Å². The lowest BCUT2D eigenvalue weighted by atomic mass is 10.1. The number of nitrogens with zero attached hydrogens (tertiary/aromatic N) is 2. The predicted molar refractivity (Wildman–Crippen MR) is 109 cm³/mol. The van der Waals surface area contributed by atoms with Crippen LogP contribution in [0.25, 0.3) is 11.3 Å². The van der Waals surface area contributed by atoms with Crippen molar-refractivity contribution in [2.75, 3.05) is 7.11 Å². The number of aromatic amines is 1. The molecule has 0 unspecified atom stereocenters. The van der Waals surface area contributed by atoms with Gasteiger partial charge in [-0.2, -0.15) is 18.3 Å². The van der Waals surface area contributed by atoms with Gasteiger partial charge in [0.2, 0.25) is 5.69 Å². The summed E-state index contributed by atoms with van der Waals surface area (Å²) >= 11 is 0. The first-order valence-electron chi connectivity index (χ1n) is 9.30. The Morgan fingerprint density at radius 1 is 1.25 bits per heavy atom. The van der Waals surface area contributed by atoms with E-state index >= 15 is 0 Å². The van der Waals surface area contributed by atoms with Crippen molar-refractivity contribution in [3.05, 3.63) is 89.5 Å². The van der Waals surface area contributed by atoms with Crippen molar-refractivity contribution in [3.63, 3.8) is 0 Å². The molecule has 0 saturated carbocycles. The fraction of sp³-hybridized carbons (Fsp3) is 0.136. The van der Waals surface area contributed by atoms with E-state index in [9.17, 15) is 22.4 Å². The van der Waals surface area contributed by atoms with Gasteiger partial charge in [-0.3, -0.25) is 4.79 Å². The molecule has 0 aliphatic heterocycles. The first-order chi connectivity index (χ1) is 15.2. The highest BCUT2D eigenvalue weighted by Gasteiger charge is 2.30. The second kappa shape index (κ2) is 9.46. The molecule has 1 amide bonds. The number of carbonyl (C=O) groups is 1. The molecule has 0 bridgehead atoms. The molecule has 1 aromatic heterocycles.